The predicted octanol–water partition coefficient (Wildman–Crippen LogP) is 4.50. The number of rotatable bonds is 3. The van der Waals surface area contributed by atoms with E-state index in [1.807, 2.05) is 0 Å². The minimum absolute atomic E-state index is 0.236. The third-order valence-corrected chi connectivity index (χ3v) is 6.97. The van der Waals surface area contributed by atoms with Gasteiger partial charge in [-0.1, -0.05) is 12.1 Å². The van der Waals surface area contributed by atoms with Crippen LogP contribution in [0, 0.1) is 5.82 Å². The van der Waals surface area contributed by atoms with Gasteiger partial charge >= 0.3 is 12.2 Å². The molecule has 1 saturated heterocycles. The number of alkyl halides is 3. The molecule has 0 radical (unpaired) electrons. The first-order valence-corrected chi connectivity index (χ1v) is 11.3. The summed E-state index contributed by atoms with van der Waals surface area (Å²) in [5, 5.41) is 7.44. The van der Waals surface area contributed by atoms with Gasteiger partial charge in [0.1, 0.15) is 11.6 Å². The van der Waals surface area contributed by atoms with Gasteiger partial charge in [-0.05, 0) is 49.6 Å². The Labute approximate surface area is 198 Å². The molecule has 0 saturated carbocycles. The van der Waals surface area contributed by atoms with E-state index >= 15 is 0 Å². The van der Waals surface area contributed by atoms with Crippen molar-refractivity contribution in [3.63, 3.8) is 0 Å². The Morgan fingerprint density at radius 1 is 1.20 bits per heavy atom. The minimum Gasteiger partial charge on any atom is -0.383 e. The molecule has 2 atom stereocenters. The number of nitrogens with zero attached hydrogens (tertiary/aromatic N) is 4. The summed E-state index contributed by atoms with van der Waals surface area (Å²) in [6.45, 7) is 3.40. The zero-order chi connectivity index (χ0) is 25.0. The Hall–Kier alpha value is -3.63. The highest BCUT2D eigenvalue weighted by atomic mass is 19.4. The van der Waals surface area contributed by atoms with Gasteiger partial charge in [0, 0.05) is 42.5 Å². The lowest BCUT2D eigenvalue weighted by molar-refractivity contribution is -0.137. The standard InChI is InChI=1S/C24H24F4N6O/c1-14(15-3-2-4-17(25)9-15)31-22(35)33-7-5-23(13-33)6-8-34-20(23)11-19(32-34)16-10-18(24(26,27)28)21(29)30-12-16/h2-4,9-12,14H,5-8,13H2,1H3,(H2,29,30)(H,31,35). The van der Waals surface area contributed by atoms with Crippen molar-refractivity contribution in [3.05, 3.63) is 65.2 Å². The molecule has 7 nitrogen and oxygen atoms in total. The molecule has 35 heavy (non-hydrogen) atoms. The Balaban J connectivity index is 1.33. The molecule has 3 aromatic rings. The van der Waals surface area contributed by atoms with E-state index in [1.165, 1.54) is 18.3 Å². The van der Waals surface area contributed by atoms with Crippen molar-refractivity contribution in [1.82, 2.24) is 25.0 Å². The highest BCUT2D eigenvalue weighted by molar-refractivity contribution is 5.75. The Kier molecular flexibility index (Phi) is 5.45. The van der Waals surface area contributed by atoms with Gasteiger partial charge in [0.2, 0.25) is 0 Å². The second kappa shape index (κ2) is 8.24. The molecule has 2 aliphatic heterocycles. The third kappa shape index (κ3) is 4.19. The predicted molar refractivity (Wildman–Crippen MR) is 121 cm³/mol. The molecule has 3 N–H and O–H groups in total. The third-order valence-electron chi connectivity index (χ3n) is 6.97. The van der Waals surface area contributed by atoms with Gasteiger partial charge in [0.15, 0.2) is 0 Å². The van der Waals surface area contributed by atoms with Crippen LogP contribution in [-0.2, 0) is 18.1 Å². The lowest BCUT2D eigenvalue weighted by Gasteiger charge is -2.25. The number of benzene rings is 1. The van der Waals surface area contributed by atoms with Gasteiger partial charge in [0.05, 0.1) is 17.3 Å². The van der Waals surface area contributed by atoms with Gasteiger partial charge in [-0.3, -0.25) is 4.68 Å². The zero-order valence-corrected chi connectivity index (χ0v) is 18.9. The lowest BCUT2D eigenvalue weighted by Crippen LogP contribution is -2.41. The number of urea groups is 1. The topological polar surface area (TPSA) is 89.1 Å². The molecule has 2 aromatic heterocycles. The lowest BCUT2D eigenvalue weighted by atomic mass is 9.82. The molecule has 11 heteroatoms. The smallest absolute Gasteiger partial charge is 0.383 e. The van der Waals surface area contributed by atoms with Gasteiger partial charge in [0.25, 0.3) is 0 Å². The number of likely N-dealkylation sites (tertiary alicyclic amines) is 1. The van der Waals surface area contributed by atoms with Crippen LogP contribution in [-0.4, -0.2) is 38.8 Å². The van der Waals surface area contributed by atoms with E-state index in [-0.39, 0.29) is 28.9 Å². The fourth-order valence-corrected chi connectivity index (χ4v) is 5.04. The van der Waals surface area contributed by atoms with E-state index in [0.29, 0.717) is 37.3 Å². The fraction of sp³-hybridized carbons (Fsp3) is 0.375. The molecule has 1 aromatic carbocycles. The molecule has 184 valence electrons. The number of amides is 2. The quantitative estimate of drug-likeness (QED) is 0.532. The normalized spacial score (nSPS) is 20.3. The van der Waals surface area contributed by atoms with E-state index in [1.54, 1.807) is 34.7 Å². The number of hydrogen-bond donors (Lipinski definition) is 2. The number of carbonyl (C=O) groups excluding carboxylic acids is 1. The van der Waals surface area contributed by atoms with Crippen molar-refractivity contribution >= 4 is 11.8 Å². The molecule has 1 spiro atoms. The molecule has 0 bridgehead atoms. The van der Waals surface area contributed by atoms with E-state index in [2.05, 4.69) is 15.4 Å². The highest BCUT2D eigenvalue weighted by Gasteiger charge is 2.47. The summed E-state index contributed by atoms with van der Waals surface area (Å²) in [6, 6.07) is 8.25. The maximum atomic E-state index is 13.5. The number of nitrogens with two attached hydrogens (primary N) is 1. The summed E-state index contributed by atoms with van der Waals surface area (Å²) in [6.07, 6.45) is -1.82. The number of anilines is 1. The summed E-state index contributed by atoms with van der Waals surface area (Å²) in [5.74, 6) is -0.938. The summed E-state index contributed by atoms with van der Waals surface area (Å²) < 4.78 is 55.2. The van der Waals surface area contributed by atoms with Crippen LogP contribution < -0.4 is 11.1 Å². The molecule has 2 aliphatic rings. The van der Waals surface area contributed by atoms with Crippen LogP contribution >= 0.6 is 0 Å². The molecular weight excluding hydrogens is 464 g/mol. The summed E-state index contributed by atoms with van der Waals surface area (Å²) in [5.41, 5.74) is 6.30. The number of aromatic nitrogens is 3. The number of fused-ring (bicyclic) bond motifs is 2. The molecule has 2 amide bonds. The number of pyridine rings is 1. The molecule has 1 fully saturated rings. The number of nitrogen functional groups attached to an aromatic ring is 1. The van der Waals surface area contributed by atoms with E-state index in [9.17, 15) is 22.4 Å². The molecule has 0 aliphatic carbocycles. The first-order valence-electron chi connectivity index (χ1n) is 11.3. The van der Waals surface area contributed by atoms with Crippen molar-refractivity contribution in [2.24, 2.45) is 0 Å². The van der Waals surface area contributed by atoms with Gasteiger partial charge < -0.3 is 16.0 Å². The maximum absolute atomic E-state index is 13.5. The second-order valence-corrected chi connectivity index (χ2v) is 9.22. The minimum atomic E-state index is -4.61. The first-order chi connectivity index (χ1) is 16.6. The van der Waals surface area contributed by atoms with Crippen LogP contribution in [0.25, 0.3) is 11.3 Å². The first kappa shape index (κ1) is 23.1. The van der Waals surface area contributed by atoms with Crippen LogP contribution in [0.1, 0.15) is 42.6 Å². The van der Waals surface area contributed by atoms with Crippen LogP contribution in [0.5, 0.6) is 0 Å². The monoisotopic (exact) mass is 488 g/mol. The van der Waals surface area contributed by atoms with Crippen LogP contribution in [0.15, 0.2) is 42.6 Å². The van der Waals surface area contributed by atoms with Crippen LogP contribution in [0.2, 0.25) is 0 Å². The van der Waals surface area contributed by atoms with E-state index in [4.69, 9.17) is 5.73 Å². The average Bonchev–Trinajstić information content (AvgIpc) is 3.50. The molecule has 2 unspecified atom stereocenters. The molecular formula is C24H24F4N6O. The number of hydrogen-bond acceptors (Lipinski definition) is 4. The van der Waals surface area contributed by atoms with Gasteiger partial charge in [-0.2, -0.15) is 18.3 Å². The van der Waals surface area contributed by atoms with Crippen molar-refractivity contribution in [1.29, 1.82) is 0 Å². The van der Waals surface area contributed by atoms with Crippen molar-refractivity contribution < 1.29 is 22.4 Å². The summed E-state index contributed by atoms with van der Waals surface area (Å²) in [7, 11) is 0. The molecule has 4 heterocycles. The number of carbonyl (C=O) groups is 1. The SMILES string of the molecule is CC(NC(=O)N1CCC2(CCn3nc(-c4cnc(N)c(C(F)(F)F)c4)cc32)C1)c1cccc(F)c1. The van der Waals surface area contributed by atoms with Crippen molar-refractivity contribution in [2.45, 2.75) is 43.9 Å². The zero-order valence-electron chi connectivity index (χ0n) is 18.9. The van der Waals surface area contributed by atoms with E-state index < -0.39 is 17.6 Å². The van der Waals surface area contributed by atoms with Gasteiger partial charge in [-0.15, -0.1) is 0 Å². The second-order valence-electron chi connectivity index (χ2n) is 9.22. The Morgan fingerprint density at radius 3 is 2.71 bits per heavy atom. The summed E-state index contributed by atoms with van der Waals surface area (Å²) in [4.78, 5) is 18.4. The molecule has 5 rings (SSSR count). The number of halogens is 4. The Bertz CT molecular complexity index is 1290. The highest BCUT2D eigenvalue weighted by Crippen LogP contribution is 2.44. The van der Waals surface area contributed by atoms with Crippen molar-refractivity contribution in [2.75, 3.05) is 18.8 Å². The number of nitrogens with one attached hydrogen (secondary N) is 1. The Morgan fingerprint density at radius 2 is 1.97 bits per heavy atom. The van der Waals surface area contributed by atoms with Crippen LogP contribution in [0.4, 0.5) is 28.2 Å². The van der Waals surface area contributed by atoms with Crippen LogP contribution in [0.3, 0.4) is 0 Å². The number of aryl methyl sites for hydroxylation is 1. The largest absolute Gasteiger partial charge is 0.419 e. The van der Waals surface area contributed by atoms with Crippen molar-refractivity contribution in [3.8, 4) is 11.3 Å². The fourth-order valence-electron chi connectivity index (χ4n) is 5.04. The van der Waals surface area contributed by atoms with E-state index in [0.717, 1.165) is 18.2 Å². The average molecular weight is 488 g/mol. The maximum Gasteiger partial charge on any atom is 0.419 e. The summed E-state index contributed by atoms with van der Waals surface area (Å²) >= 11 is 0. The van der Waals surface area contributed by atoms with Gasteiger partial charge in [-0.25, -0.2) is 14.2 Å².